The molecule has 1 fully saturated rings. The Morgan fingerprint density at radius 2 is 2.08 bits per heavy atom. The van der Waals surface area contributed by atoms with Gasteiger partial charge in [-0.15, -0.1) is 0 Å². The SMILES string of the molecule is COCc1nc(C)cc(N2CCCCC2CNC(=O)c2ccccc2)n1. The minimum Gasteiger partial charge on any atom is -0.377 e. The first-order valence-electron chi connectivity index (χ1n) is 9.11. The third-order valence-corrected chi connectivity index (χ3v) is 4.62. The highest BCUT2D eigenvalue weighted by Gasteiger charge is 2.25. The van der Waals surface area contributed by atoms with Gasteiger partial charge in [0.15, 0.2) is 5.82 Å². The van der Waals surface area contributed by atoms with E-state index in [1.54, 1.807) is 7.11 Å². The average Bonchev–Trinajstić information content (AvgIpc) is 2.67. The lowest BCUT2D eigenvalue weighted by molar-refractivity contribution is 0.0949. The van der Waals surface area contributed by atoms with Gasteiger partial charge in [-0.3, -0.25) is 4.79 Å². The summed E-state index contributed by atoms with van der Waals surface area (Å²) in [5.41, 5.74) is 1.62. The fraction of sp³-hybridized carbons (Fsp3) is 0.450. The van der Waals surface area contributed by atoms with E-state index in [1.807, 2.05) is 43.3 Å². The molecule has 1 unspecified atom stereocenters. The predicted molar refractivity (Wildman–Crippen MR) is 101 cm³/mol. The van der Waals surface area contributed by atoms with Crippen molar-refractivity contribution in [2.45, 2.75) is 38.8 Å². The lowest BCUT2D eigenvalue weighted by Gasteiger charge is -2.37. The first kappa shape index (κ1) is 18.3. The Morgan fingerprint density at radius 3 is 2.85 bits per heavy atom. The third kappa shape index (κ3) is 4.58. The van der Waals surface area contributed by atoms with E-state index in [4.69, 9.17) is 4.74 Å². The molecule has 6 nitrogen and oxygen atoms in total. The van der Waals surface area contributed by atoms with E-state index in [1.165, 1.54) is 0 Å². The van der Waals surface area contributed by atoms with Crippen LogP contribution >= 0.6 is 0 Å². The number of piperidine rings is 1. The van der Waals surface area contributed by atoms with E-state index in [0.717, 1.165) is 37.3 Å². The molecule has 2 aromatic rings. The topological polar surface area (TPSA) is 67.3 Å². The number of amides is 1. The number of carbonyl (C=O) groups is 1. The number of hydrogen-bond acceptors (Lipinski definition) is 5. The summed E-state index contributed by atoms with van der Waals surface area (Å²) in [5, 5.41) is 3.07. The number of aryl methyl sites for hydroxylation is 1. The van der Waals surface area contributed by atoms with Crippen LogP contribution in [-0.4, -0.2) is 42.1 Å². The van der Waals surface area contributed by atoms with Gasteiger partial charge >= 0.3 is 0 Å². The molecule has 3 rings (SSSR count). The largest absolute Gasteiger partial charge is 0.377 e. The van der Waals surface area contributed by atoms with Crippen molar-refractivity contribution in [1.82, 2.24) is 15.3 Å². The van der Waals surface area contributed by atoms with Crippen LogP contribution in [0.1, 0.15) is 41.1 Å². The molecule has 1 N–H and O–H groups in total. The number of anilines is 1. The summed E-state index contributed by atoms with van der Waals surface area (Å²) < 4.78 is 5.18. The number of rotatable bonds is 6. The normalized spacial score (nSPS) is 17.2. The van der Waals surface area contributed by atoms with Crippen molar-refractivity contribution in [2.75, 3.05) is 25.1 Å². The fourth-order valence-corrected chi connectivity index (χ4v) is 3.37. The molecule has 1 saturated heterocycles. The molecule has 138 valence electrons. The van der Waals surface area contributed by atoms with Crippen LogP contribution in [0.15, 0.2) is 36.4 Å². The summed E-state index contributed by atoms with van der Waals surface area (Å²) in [6, 6.07) is 11.6. The van der Waals surface area contributed by atoms with E-state index >= 15 is 0 Å². The standard InChI is InChI=1S/C20H26N4O2/c1-15-12-19(23-18(22-15)14-26-2)24-11-7-6-10-17(24)13-21-20(25)16-8-4-3-5-9-16/h3-5,8-9,12,17H,6-7,10-11,13-14H2,1-2H3,(H,21,25). The first-order chi connectivity index (χ1) is 12.7. The van der Waals surface area contributed by atoms with Crippen LogP contribution in [0, 0.1) is 6.92 Å². The van der Waals surface area contributed by atoms with E-state index in [9.17, 15) is 4.79 Å². The smallest absolute Gasteiger partial charge is 0.251 e. The Morgan fingerprint density at radius 1 is 1.27 bits per heavy atom. The van der Waals surface area contributed by atoms with Gasteiger partial charge < -0.3 is 15.0 Å². The van der Waals surface area contributed by atoms with E-state index in [0.29, 0.717) is 24.5 Å². The van der Waals surface area contributed by atoms with Crippen LogP contribution in [0.4, 0.5) is 5.82 Å². The monoisotopic (exact) mass is 354 g/mol. The van der Waals surface area contributed by atoms with Crippen LogP contribution in [0.25, 0.3) is 0 Å². The maximum absolute atomic E-state index is 12.4. The van der Waals surface area contributed by atoms with Crippen molar-refractivity contribution in [3.63, 3.8) is 0 Å². The Bertz CT molecular complexity index is 736. The zero-order valence-electron chi connectivity index (χ0n) is 15.4. The van der Waals surface area contributed by atoms with Crippen molar-refractivity contribution in [3.8, 4) is 0 Å². The number of aromatic nitrogens is 2. The molecule has 0 saturated carbocycles. The highest BCUT2D eigenvalue weighted by Crippen LogP contribution is 2.23. The van der Waals surface area contributed by atoms with Gasteiger partial charge in [-0.25, -0.2) is 9.97 Å². The van der Waals surface area contributed by atoms with Crippen molar-refractivity contribution in [3.05, 3.63) is 53.5 Å². The summed E-state index contributed by atoms with van der Waals surface area (Å²) in [4.78, 5) is 23.7. The van der Waals surface area contributed by atoms with E-state index < -0.39 is 0 Å². The Balaban J connectivity index is 1.71. The molecule has 1 aromatic heterocycles. The van der Waals surface area contributed by atoms with Crippen molar-refractivity contribution in [2.24, 2.45) is 0 Å². The summed E-state index contributed by atoms with van der Waals surface area (Å²) >= 11 is 0. The second-order valence-electron chi connectivity index (χ2n) is 6.64. The number of carbonyl (C=O) groups excluding carboxylic acids is 1. The van der Waals surface area contributed by atoms with E-state index in [-0.39, 0.29) is 11.9 Å². The Labute approximate surface area is 154 Å². The maximum Gasteiger partial charge on any atom is 0.251 e. The van der Waals surface area contributed by atoms with Gasteiger partial charge in [-0.05, 0) is 38.3 Å². The van der Waals surface area contributed by atoms with Gasteiger partial charge in [-0.2, -0.15) is 0 Å². The van der Waals surface area contributed by atoms with Gasteiger partial charge in [0.2, 0.25) is 0 Å². The minimum atomic E-state index is -0.0323. The molecule has 2 heterocycles. The van der Waals surface area contributed by atoms with Crippen LogP contribution in [-0.2, 0) is 11.3 Å². The molecule has 6 heteroatoms. The molecule has 0 spiro atoms. The minimum absolute atomic E-state index is 0.0323. The van der Waals surface area contributed by atoms with Crippen LogP contribution in [0.5, 0.6) is 0 Å². The van der Waals surface area contributed by atoms with Gasteiger partial charge in [0.1, 0.15) is 12.4 Å². The second-order valence-corrected chi connectivity index (χ2v) is 6.64. The number of nitrogens with one attached hydrogen (secondary N) is 1. The molecule has 0 aliphatic carbocycles. The molecule has 1 amide bonds. The van der Waals surface area contributed by atoms with Crippen molar-refractivity contribution in [1.29, 1.82) is 0 Å². The summed E-state index contributed by atoms with van der Waals surface area (Å²) in [7, 11) is 1.65. The van der Waals surface area contributed by atoms with Gasteiger partial charge in [0.25, 0.3) is 5.91 Å². The lowest BCUT2D eigenvalue weighted by atomic mass is 10.0. The number of methoxy groups -OCH3 is 1. The molecular weight excluding hydrogens is 328 g/mol. The molecule has 1 aromatic carbocycles. The molecule has 0 radical (unpaired) electrons. The summed E-state index contributed by atoms with van der Waals surface area (Å²) in [5.74, 6) is 1.58. The second kappa shape index (κ2) is 8.76. The quantitative estimate of drug-likeness (QED) is 0.864. The molecular formula is C20H26N4O2. The molecule has 0 bridgehead atoms. The maximum atomic E-state index is 12.4. The zero-order valence-corrected chi connectivity index (χ0v) is 15.4. The van der Waals surface area contributed by atoms with Crippen LogP contribution in [0.3, 0.4) is 0 Å². The van der Waals surface area contributed by atoms with Crippen molar-refractivity contribution < 1.29 is 9.53 Å². The van der Waals surface area contributed by atoms with Crippen LogP contribution in [0.2, 0.25) is 0 Å². The van der Waals surface area contributed by atoms with Gasteiger partial charge in [0, 0.05) is 43.6 Å². The van der Waals surface area contributed by atoms with Crippen molar-refractivity contribution >= 4 is 11.7 Å². The Kier molecular flexibility index (Phi) is 6.17. The average molecular weight is 354 g/mol. The third-order valence-electron chi connectivity index (χ3n) is 4.62. The summed E-state index contributed by atoms with van der Waals surface area (Å²) in [6.45, 7) is 3.92. The van der Waals surface area contributed by atoms with Crippen LogP contribution < -0.4 is 10.2 Å². The number of ether oxygens (including phenoxy) is 1. The molecule has 1 aliphatic heterocycles. The fourth-order valence-electron chi connectivity index (χ4n) is 3.37. The predicted octanol–water partition coefficient (Wildman–Crippen LogP) is 2.72. The molecule has 1 atom stereocenters. The number of hydrogen-bond donors (Lipinski definition) is 1. The van der Waals surface area contributed by atoms with E-state index in [2.05, 4.69) is 20.2 Å². The van der Waals surface area contributed by atoms with Gasteiger partial charge in [0.05, 0.1) is 0 Å². The zero-order chi connectivity index (χ0) is 18.4. The highest BCUT2D eigenvalue weighted by molar-refractivity contribution is 5.94. The summed E-state index contributed by atoms with van der Waals surface area (Å²) in [6.07, 6.45) is 3.33. The Hall–Kier alpha value is -2.47. The highest BCUT2D eigenvalue weighted by atomic mass is 16.5. The number of nitrogens with zero attached hydrogens (tertiary/aromatic N) is 3. The van der Waals surface area contributed by atoms with Gasteiger partial charge in [-0.1, -0.05) is 18.2 Å². The molecule has 1 aliphatic rings. The molecule has 26 heavy (non-hydrogen) atoms. The first-order valence-corrected chi connectivity index (χ1v) is 9.11. The number of benzene rings is 1. The lowest BCUT2D eigenvalue weighted by Crippen LogP contribution is -2.47.